The van der Waals surface area contributed by atoms with Crippen LogP contribution in [-0.4, -0.2) is 9.55 Å². The van der Waals surface area contributed by atoms with E-state index in [2.05, 4.69) is 20.9 Å². The highest BCUT2D eigenvalue weighted by atomic mass is 79.9. The predicted molar refractivity (Wildman–Crippen MR) is 81.1 cm³/mol. The van der Waals surface area contributed by atoms with E-state index in [4.69, 9.17) is 23.8 Å². The van der Waals surface area contributed by atoms with E-state index in [0.29, 0.717) is 5.52 Å². The lowest BCUT2D eigenvalue weighted by Gasteiger charge is -2.09. The zero-order chi connectivity index (χ0) is 14.4. The molecule has 0 amide bonds. The van der Waals surface area contributed by atoms with Gasteiger partial charge in [-0.15, -0.1) is 0 Å². The number of hydrogen-bond donors (Lipinski definition) is 1. The van der Waals surface area contributed by atoms with Gasteiger partial charge >= 0.3 is 0 Å². The summed E-state index contributed by atoms with van der Waals surface area (Å²) in [6.07, 6.45) is 0. The van der Waals surface area contributed by atoms with Crippen LogP contribution in [0.4, 0.5) is 8.78 Å². The van der Waals surface area contributed by atoms with Crippen LogP contribution in [0.15, 0.2) is 34.8 Å². The number of fused-ring (bicyclic) bond motifs is 1. The Balaban J connectivity index is 2.44. The fraction of sp³-hybridized carbons (Fsp3) is 0. The maximum atomic E-state index is 14.1. The number of rotatable bonds is 1. The van der Waals surface area contributed by atoms with E-state index >= 15 is 0 Å². The molecule has 0 aliphatic heterocycles. The van der Waals surface area contributed by atoms with Gasteiger partial charge in [0.05, 0.1) is 16.1 Å². The standard InChI is InChI=1S/C13H6BrClF2N2S/c14-6-1-2-10-11(3-6)19(13(20)18-10)12-8(15)4-7(16)5-9(12)17/h1-5H,(H,18,20). The largest absolute Gasteiger partial charge is 0.330 e. The average molecular weight is 376 g/mol. The van der Waals surface area contributed by atoms with Crippen molar-refractivity contribution in [2.24, 2.45) is 0 Å². The number of aromatic nitrogens is 2. The van der Waals surface area contributed by atoms with Gasteiger partial charge in [0.2, 0.25) is 0 Å². The van der Waals surface area contributed by atoms with Crippen molar-refractivity contribution in [3.8, 4) is 5.69 Å². The summed E-state index contributed by atoms with van der Waals surface area (Å²) in [5.41, 5.74) is 1.41. The number of nitrogens with zero attached hydrogens (tertiary/aromatic N) is 1. The minimum absolute atomic E-state index is 0.0300. The van der Waals surface area contributed by atoms with Crippen molar-refractivity contribution in [1.82, 2.24) is 9.55 Å². The highest BCUT2D eigenvalue weighted by molar-refractivity contribution is 9.10. The molecule has 3 aromatic rings. The van der Waals surface area contributed by atoms with Crippen molar-refractivity contribution in [3.05, 3.63) is 56.2 Å². The molecule has 20 heavy (non-hydrogen) atoms. The molecule has 0 spiro atoms. The molecule has 0 aliphatic rings. The van der Waals surface area contributed by atoms with Gasteiger partial charge in [0.1, 0.15) is 11.5 Å². The van der Waals surface area contributed by atoms with Gasteiger partial charge in [-0.25, -0.2) is 8.78 Å². The molecule has 0 radical (unpaired) electrons. The van der Waals surface area contributed by atoms with Crippen molar-refractivity contribution in [1.29, 1.82) is 0 Å². The summed E-state index contributed by atoms with van der Waals surface area (Å²) >= 11 is 14.5. The fourth-order valence-electron chi connectivity index (χ4n) is 2.05. The lowest BCUT2D eigenvalue weighted by molar-refractivity contribution is 0.578. The SMILES string of the molecule is Fc1cc(F)c(-n2c(=S)[nH]c3ccc(Br)cc32)c(Cl)c1. The Morgan fingerprint density at radius 2 is 1.95 bits per heavy atom. The second-order valence-electron chi connectivity index (χ2n) is 4.15. The van der Waals surface area contributed by atoms with Crippen LogP contribution in [0.5, 0.6) is 0 Å². The van der Waals surface area contributed by atoms with E-state index in [0.717, 1.165) is 22.1 Å². The Morgan fingerprint density at radius 3 is 2.65 bits per heavy atom. The van der Waals surface area contributed by atoms with Gasteiger partial charge in [-0.05, 0) is 36.5 Å². The molecule has 0 bridgehead atoms. The van der Waals surface area contributed by atoms with Crippen LogP contribution in [0.3, 0.4) is 0 Å². The van der Waals surface area contributed by atoms with E-state index < -0.39 is 11.6 Å². The number of imidazole rings is 1. The van der Waals surface area contributed by atoms with E-state index in [1.54, 1.807) is 12.1 Å². The maximum absolute atomic E-state index is 14.1. The van der Waals surface area contributed by atoms with Crippen molar-refractivity contribution >= 4 is 50.8 Å². The highest BCUT2D eigenvalue weighted by Gasteiger charge is 2.16. The van der Waals surface area contributed by atoms with Crippen LogP contribution in [0, 0.1) is 16.4 Å². The molecule has 3 rings (SSSR count). The van der Waals surface area contributed by atoms with Gasteiger partial charge in [0.15, 0.2) is 10.6 Å². The van der Waals surface area contributed by atoms with Crippen LogP contribution in [0.2, 0.25) is 5.02 Å². The summed E-state index contributed by atoms with van der Waals surface area (Å²) in [4.78, 5) is 2.96. The van der Waals surface area contributed by atoms with Crippen molar-refractivity contribution < 1.29 is 8.78 Å². The maximum Gasteiger partial charge on any atom is 0.182 e. The normalized spacial score (nSPS) is 11.2. The Labute approximate surface area is 131 Å². The van der Waals surface area contributed by atoms with Gasteiger partial charge in [-0.3, -0.25) is 4.57 Å². The molecular weight excluding hydrogens is 370 g/mol. The van der Waals surface area contributed by atoms with Gasteiger partial charge in [-0.2, -0.15) is 0 Å². The molecule has 0 atom stereocenters. The van der Waals surface area contributed by atoms with E-state index in [9.17, 15) is 8.78 Å². The lowest BCUT2D eigenvalue weighted by Crippen LogP contribution is -2.00. The molecule has 0 fully saturated rings. The molecular formula is C13H6BrClF2N2S. The number of aromatic amines is 1. The predicted octanol–water partition coefficient (Wildman–Crippen LogP) is 5.38. The Bertz CT molecular complexity index is 865. The number of H-pyrrole nitrogens is 1. The lowest BCUT2D eigenvalue weighted by atomic mass is 10.2. The number of nitrogens with one attached hydrogen (secondary N) is 1. The topological polar surface area (TPSA) is 20.7 Å². The zero-order valence-corrected chi connectivity index (χ0v) is 12.9. The third kappa shape index (κ3) is 2.17. The molecule has 2 aromatic carbocycles. The summed E-state index contributed by atoms with van der Waals surface area (Å²) < 4.78 is 29.8. The second-order valence-corrected chi connectivity index (χ2v) is 5.85. The van der Waals surface area contributed by atoms with Gasteiger partial charge in [-0.1, -0.05) is 27.5 Å². The first-order valence-corrected chi connectivity index (χ1v) is 7.10. The molecule has 0 saturated carbocycles. The highest BCUT2D eigenvalue weighted by Crippen LogP contribution is 2.30. The molecule has 0 saturated heterocycles. The third-order valence-corrected chi connectivity index (χ3v) is 3.92. The third-order valence-electron chi connectivity index (χ3n) is 2.85. The number of benzene rings is 2. The summed E-state index contributed by atoms with van der Waals surface area (Å²) in [5.74, 6) is -1.50. The van der Waals surface area contributed by atoms with Crippen LogP contribution < -0.4 is 0 Å². The summed E-state index contributed by atoms with van der Waals surface area (Å²) in [5, 5.41) is -0.0422. The van der Waals surface area contributed by atoms with Crippen molar-refractivity contribution in [2.45, 2.75) is 0 Å². The molecule has 0 aliphatic carbocycles. The average Bonchev–Trinajstić information content (AvgIpc) is 2.65. The first-order chi connectivity index (χ1) is 9.47. The minimum Gasteiger partial charge on any atom is -0.330 e. The minimum atomic E-state index is -0.771. The smallest absolute Gasteiger partial charge is 0.182 e. The van der Waals surface area contributed by atoms with Crippen molar-refractivity contribution in [3.63, 3.8) is 0 Å². The Hall–Kier alpha value is -1.24. The van der Waals surface area contributed by atoms with Crippen LogP contribution in [-0.2, 0) is 0 Å². The number of hydrogen-bond acceptors (Lipinski definition) is 1. The van der Waals surface area contributed by atoms with Crippen LogP contribution >= 0.6 is 39.7 Å². The molecule has 1 aromatic heterocycles. The van der Waals surface area contributed by atoms with E-state index in [1.165, 1.54) is 4.57 Å². The Morgan fingerprint density at radius 1 is 1.20 bits per heavy atom. The zero-order valence-electron chi connectivity index (χ0n) is 9.75. The van der Waals surface area contributed by atoms with Gasteiger partial charge < -0.3 is 4.98 Å². The first-order valence-electron chi connectivity index (χ1n) is 5.52. The van der Waals surface area contributed by atoms with E-state index in [-0.39, 0.29) is 15.5 Å². The first kappa shape index (κ1) is 13.7. The second kappa shape index (κ2) is 4.95. The molecule has 7 heteroatoms. The van der Waals surface area contributed by atoms with Crippen LogP contribution in [0.25, 0.3) is 16.7 Å². The summed E-state index contributed by atoms with van der Waals surface area (Å²) in [6, 6.07) is 7.25. The fourth-order valence-corrected chi connectivity index (χ4v) is 2.97. The van der Waals surface area contributed by atoms with E-state index in [1.807, 2.05) is 6.07 Å². The van der Waals surface area contributed by atoms with Crippen LogP contribution in [0.1, 0.15) is 0 Å². The summed E-state index contributed by atoms with van der Waals surface area (Å²) in [7, 11) is 0. The molecule has 102 valence electrons. The monoisotopic (exact) mass is 374 g/mol. The molecule has 2 nitrogen and oxygen atoms in total. The summed E-state index contributed by atoms with van der Waals surface area (Å²) in [6.45, 7) is 0. The quantitative estimate of drug-likeness (QED) is 0.566. The van der Waals surface area contributed by atoms with Gasteiger partial charge in [0, 0.05) is 10.5 Å². The molecule has 0 unspecified atom stereocenters. The van der Waals surface area contributed by atoms with Crippen molar-refractivity contribution in [2.75, 3.05) is 0 Å². The molecule has 1 heterocycles. The number of halogens is 4. The molecule has 1 N–H and O–H groups in total. The Kier molecular flexibility index (Phi) is 3.40. The van der Waals surface area contributed by atoms with Gasteiger partial charge in [0.25, 0.3) is 0 Å².